The Labute approximate surface area is 231 Å². The van der Waals surface area contributed by atoms with Crippen LogP contribution in [-0.2, 0) is 0 Å². The molecule has 4 aromatic carbocycles. The molecule has 5 rings (SSSR count). The van der Waals surface area contributed by atoms with Gasteiger partial charge in [0.15, 0.2) is 0 Å². The molecule has 0 aromatic heterocycles. The molecule has 190 valence electrons. The maximum absolute atomic E-state index is 9.12. The fraction of sp³-hybridized carbons (Fsp3) is 0.111. The number of benzene rings is 4. The minimum atomic E-state index is -0.0120. The van der Waals surface area contributed by atoms with Crippen LogP contribution in [0.1, 0.15) is 25.0 Å². The summed E-state index contributed by atoms with van der Waals surface area (Å²) < 4.78 is 0. The molecule has 0 radical (unpaired) electrons. The Kier molecular flexibility index (Phi) is 7.39. The van der Waals surface area contributed by atoms with Crippen LogP contribution >= 0.6 is 0 Å². The minimum Gasteiger partial charge on any atom is -0.311 e. The summed E-state index contributed by atoms with van der Waals surface area (Å²) in [5.41, 5.74) is 9.55. The summed E-state index contributed by atoms with van der Waals surface area (Å²) in [7, 11) is 1.79. The number of hydrogen-bond acceptors (Lipinski definition) is 3. The van der Waals surface area contributed by atoms with Gasteiger partial charge >= 0.3 is 0 Å². The topological polar surface area (TPSA) is 39.4 Å². The van der Waals surface area contributed by atoms with Crippen molar-refractivity contribution in [2.45, 2.75) is 13.8 Å². The second-order valence-corrected chi connectivity index (χ2v) is 10.2. The van der Waals surface area contributed by atoms with Crippen LogP contribution < -0.4 is 4.90 Å². The molecular weight excluding hydrogens is 474 g/mol. The molecule has 1 aliphatic carbocycles. The van der Waals surface area contributed by atoms with Crippen LogP contribution in [0.2, 0.25) is 0 Å². The molecule has 3 nitrogen and oxygen atoms in total. The third-order valence-electron chi connectivity index (χ3n) is 6.86. The number of aliphatic imine (C=N–C) groups is 1. The minimum absolute atomic E-state index is 0.0120. The lowest BCUT2D eigenvalue weighted by molar-refractivity contribution is 0.627. The van der Waals surface area contributed by atoms with Crippen molar-refractivity contribution in [1.29, 1.82) is 5.26 Å². The number of nitriles is 1. The molecule has 0 fully saturated rings. The predicted octanol–water partition coefficient (Wildman–Crippen LogP) is 9.12. The van der Waals surface area contributed by atoms with Gasteiger partial charge in [-0.15, -0.1) is 0 Å². The first-order valence-corrected chi connectivity index (χ1v) is 13.1. The van der Waals surface area contributed by atoms with Gasteiger partial charge in [-0.2, -0.15) is 5.26 Å². The third kappa shape index (κ3) is 5.98. The van der Waals surface area contributed by atoms with Crippen molar-refractivity contribution >= 4 is 17.6 Å². The van der Waals surface area contributed by atoms with Crippen molar-refractivity contribution in [2.24, 2.45) is 10.4 Å². The number of hydrogen-bond donors (Lipinski definition) is 0. The highest BCUT2D eigenvalue weighted by Crippen LogP contribution is 2.35. The summed E-state index contributed by atoms with van der Waals surface area (Å²) >= 11 is 0. The van der Waals surface area contributed by atoms with Crippen molar-refractivity contribution in [2.75, 3.05) is 11.9 Å². The van der Waals surface area contributed by atoms with E-state index in [1.54, 1.807) is 7.05 Å². The lowest BCUT2D eigenvalue weighted by atomic mass is 9.93. The van der Waals surface area contributed by atoms with E-state index in [-0.39, 0.29) is 5.41 Å². The van der Waals surface area contributed by atoms with Gasteiger partial charge in [0.05, 0.1) is 11.6 Å². The fourth-order valence-electron chi connectivity index (χ4n) is 4.66. The van der Waals surface area contributed by atoms with E-state index in [0.717, 1.165) is 33.8 Å². The molecular formula is C36H31N3. The van der Waals surface area contributed by atoms with Gasteiger partial charge in [0.2, 0.25) is 0 Å². The summed E-state index contributed by atoms with van der Waals surface area (Å²) in [6.07, 6.45) is 12.8. The molecule has 0 unspecified atom stereocenters. The third-order valence-corrected chi connectivity index (χ3v) is 6.86. The number of allylic oxidation sites excluding steroid dienone is 5. The normalized spacial score (nSPS) is 14.1. The molecule has 0 aliphatic heterocycles. The van der Waals surface area contributed by atoms with Gasteiger partial charge in [-0.05, 0) is 76.4 Å². The zero-order valence-corrected chi connectivity index (χ0v) is 22.5. The molecule has 1 aliphatic rings. The van der Waals surface area contributed by atoms with Crippen LogP contribution in [0.4, 0.5) is 11.4 Å². The van der Waals surface area contributed by atoms with Gasteiger partial charge in [-0.25, -0.2) is 0 Å². The first kappa shape index (κ1) is 25.7. The fourth-order valence-corrected chi connectivity index (χ4v) is 4.66. The van der Waals surface area contributed by atoms with E-state index in [4.69, 9.17) is 5.26 Å². The second-order valence-electron chi connectivity index (χ2n) is 10.2. The van der Waals surface area contributed by atoms with Gasteiger partial charge in [0.1, 0.15) is 0 Å². The van der Waals surface area contributed by atoms with Crippen LogP contribution in [0.5, 0.6) is 0 Å². The summed E-state index contributed by atoms with van der Waals surface area (Å²) in [5.74, 6) is 0. The van der Waals surface area contributed by atoms with Crippen molar-refractivity contribution in [3.63, 3.8) is 0 Å². The highest BCUT2D eigenvalue weighted by molar-refractivity contribution is 5.81. The van der Waals surface area contributed by atoms with E-state index in [1.165, 1.54) is 11.1 Å². The molecule has 0 saturated carbocycles. The van der Waals surface area contributed by atoms with Gasteiger partial charge in [0.25, 0.3) is 0 Å². The monoisotopic (exact) mass is 505 g/mol. The van der Waals surface area contributed by atoms with E-state index < -0.39 is 0 Å². The highest BCUT2D eigenvalue weighted by Gasteiger charge is 2.17. The average molecular weight is 506 g/mol. The maximum Gasteiger partial charge on any atom is 0.0991 e. The highest BCUT2D eigenvalue weighted by atomic mass is 15.1. The van der Waals surface area contributed by atoms with E-state index in [9.17, 15) is 0 Å². The molecule has 0 heterocycles. The number of anilines is 2. The summed E-state index contributed by atoms with van der Waals surface area (Å²) in [6, 6.07) is 35.6. The van der Waals surface area contributed by atoms with E-state index in [1.807, 2.05) is 30.5 Å². The predicted molar refractivity (Wildman–Crippen MR) is 164 cm³/mol. The zero-order valence-electron chi connectivity index (χ0n) is 22.5. The van der Waals surface area contributed by atoms with Gasteiger partial charge < -0.3 is 4.90 Å². The first-order valence-electron chi connectivity index (χ1n) is 13.1. The quantitative estimate of drug-likeness (QED) is 0.245. The van der Waals surface area contributed by atoms with Gasteiger partial charge in [-0.3, -0.25) is 4.99 Å². The van der Waals surface area contributed by atoms with Crippen LogP contribution in [-0.4, -0.2) is 13.3 Å². The molecule has 39 heavy (non-hydrogen) atoms. The Hall–Kier alpha value is -4.94. The lowest BCUT2D eigenvalue weighted by Crippen LogP contribution is -2.15. The lowest BCUT2D eigenvalue weighted by Gasteiger charge is -2.27. The van der Waals surface area contributed by atoms with Crippen molar-refractivity contribution in [1.82, 2.24) is 0 Å². The first-order chi connectivity index (χ1) is 19.0. The van der Waals surface area contributed by atoms with Gasteiger partial charge in [0, 0.05) is 35.7 Å². The smallest absolute Gasteiger partial charge is 0.0991 e. The summed E-state index contributed by atoms with van der Waals surface area (Å²) in [5, 5.41) is 9.12. The van der Waals surface area contributed by atoms with Crippen LogP contribution in [0.15, 0.2) is 138 Å². The number of nitrogens with zero attached hydrogens (tertiary/aromatic N) is 3. The van der Waals surface area contributed by atoms with Crippen LogP contribution in [0.3, 0.4) is 0 Å². The molecule has 0 atom stereocenters. The average Bonchev–Trinajstić information content (AvgIpc) is 3.15. The molecule has 0 amide bonds. The maximum atomic E-state index is 9.12. The zero-order chi connectivity index (χ0) is 27.2. The Morgan fingerprint density at radius 1 is 0.692 bits per heavy atom. The number of rotatable bonds is 6. The van der Waals surface area contributed by atoms with Crippen molar-refractivity contribution < 1.29 is 0 Å². The Balaban J connectivity index is 1.50. The van der Waals surface area contributed by atoms with Crippen molar-refractivity contribution in [3.8, 4) is 28.3 Å². The SMILES string of the molecule is C/N=C\c1ccc(-c2ccc(N(C3=CC=CC(C)(C)C=C3)c3ccc(-c4ccc(C#N)cc4)cc3)cc2)cc1. The Bertz CT molecular complexity index is 1590. The van der Waals surface area contributed by atoms with E-state index in [0.29, 0.717) is 5.56 Å². The van der Waals surface area contributed by atoms with Crippen LogP contribution in [0.25, 0.3) is 22.3 Å². The molecule has 0 spiro atoms. The molecule has 0 bridgehead atoms. The van der Waals surface area contributed by atoms with E-state index >= 15 is 0 Å². The van der Waals surface area contributed by atoms with Crippen LogP contribution in [0, 0.1) is 16.7 Å². The molecule has 3 heteroatoms. The summed E-state index contributed by atoms with van der Waals surface area (Å²) in [6.45, 7) is 4.42. The Morgan fingerprint density at radius 3 is 1.67 bits per heavy atom. The molecule has 4 aromatic rings. The van der Waals surface area contributed by atoms with E-state index in [2.05, 4.69) is 133 Å². The molecule has 0 saturated heterocycles. The standard InChI is InChI=1S/C36H31N3/c1-36(2)23-4-5-33(22-24-36)39(34-18-14-31(15-19-34)29-10-6-27(25-37)7-11-29)35-20-16-32(17-21-35)30-12-8-28(9-13-30)26-38-3/h4-24,26H,1-3H3/b38-26-. The largest absolute Gasteiger partial charge is 0.311 e. The van der Waals surface area contributed by atoms with Crippen molar-refractivity contribution in [3.05, 3.63) is 144 Å². The second kappa shape index (κ2) is 11.2. The Morgan fingerprint density at radius 2 is 1.18 bits per heavy atom. The van der Waals surface area contributed by atoms with Gasteiger partial charge in [-0.1, -0.05) is 92.7 Å². The summed E-state index contributed by atoms with van der Waals surface area (Å²) in [4.78, 5) is 6.39. The molecule has 0 N–H and O–H groups in total.